The summed E-state index contributed by atoms with van der Waals surface area (Å²) in [5.74, 6) is -0.271. The molecule has 1 aromatic carbocycles. The van der Waals surface area contributed by atoms with Crippen LogP contribution in [-0.2, 0) is 5.72 Å². The van der Waals surface area contributed by atoms with Gasteiger partial charge >= 0.3 is 0 Å². The van der Waals surface area contributed by atoms with Gasteiger partial charge in [-0.25, -0.2) is 0 Å². The fourth-order valence-corrected chi connectivity index (χ4v) is 2.10. The van der Waals surface area contributed by atoms with Crippen molar-refractivity contribution in [2.45, 2.75) is 5.72 Å². The Morgan fingerprint density at radius 2 is 2.00 bits per heavy atom. The van der Waals surface area contributed by atoms with Gasteiger partial charge in [-0.1, -0.05) is 24.3 Å². The van der Waals surface area contributed by atoms with Crippen LogP contribution in [0.5, 0.6) is 0 Å². The Bertz CT molecular complexity index is 583. The molecule has 17 heavy (non-hydrogen) atoms. The number of hydrogen-bond donors (Lipinski definition) is 2. The fraction of sp³-hybridized carbons (Fsp3) is 0.0769. The Kier molecular flexibility index (Phi) is 2.00. The molecule has 0 bridgehead atoms. The highest BCUT2D eigenvalue weighted by Gasteiger charge is 2.42. The quantitative estimate of drug-likeness (QED) is 0.763. The number of aliphatic hydroxyl groups is 1. The second-order valence-electron chi connectivity index (χ2n) is 3.95. The van der Waals surface area contributed by atoms with Crippen molar-refractivity contribution >= 4 is 5.91 Å². The highest BCUT2D eigenvalue weighted by Crippen LogP contribution is 2.33. The molecule has 84 valence electrons. The zero-order valence-corrected chi connectivity index (χ0v) is 8.92. The minimum absolute atomic E-state index is 0.271. The van der Waals surface area contributed by atoms with E-state index in [9.17, 15) is 9.90 Å². The van der Waals surface area contributed by atoms with Gasteiger partial charge in [0, 0.05) is 29.1 Å². The van der Waals surface area contributed by atoms with Crippen LogP contribution in [0.4, 0.5) is 0 Å². The van der Waals surface area contributed by atoms with Crippen LogP contribution in [0.3, 0.4) is 0 Å². The fourth-order valence-electron chi connectivity index (χ4n) is 2.10. The van der Waals surface area contributed by atoms with Gasteiger partial charge in [-0.15, -0.1) is 0 Å². The number of rotatable bonds is 1. The molecule has 2 aromatic rings. The zero-order chi connectivity index (χ0) is 11.9. The Balaban J connectivity index is 2.21. The molecular weight excluding hydrogens is 216 g/mol. The SMILES string of the molecule is O=C1NC(O)(c2cccnc2)c2ccccc21. The van der Waals surface area contributed by atoms with Crippen LogP contribution in [0.15, 0.2) is 48.8 Å². The average molecular weight is 226 g/mol. The molecule has 0 radical (unpaired) electrons. The van der Waals surface area contributed by atoms with Gasteiger partial charge in [0.05, 0.1) is 0 Å². The van der Waals surface area contributed by atoms with Gasteiger partial charge < -0.3 is 10.4 Å². The monoisotopic (exact) mass is 226 g/mol. The summed E-state index contributed by atoms with van der Waals surface area (Å²) in [5.41, 5.74) is 0.150. The first-order chi connectivity index (χ1) is 8.22. The first-order valence-corrected chi connectivity index (χ1v) is 5.27. The molecular formula is C13H10N2O2. The van der Waals surface area contributed by atoms with Crippen molar-refractivity contribution in [2.24, 2.45) is 0 Å². The van der Waals surface area contributed by atoms with Gasteiger partial charge in [0.25, 0.3) is 5.91 Å². The van der Waals surface area contributed by atoms with Crippen LogP contribution >= 0.6 is 0 Å². The summed E-state index contributed by atoms with van der Waals surface area (Å²) in [5, 5.41) is 13.2. The highest BCUT2D eigenvalue weighted by molar-refractivity contribution is 6.00. The number of hydrogen-bond acceptors (Lipinski definition) is 3. The molecule has 0 saturated heterocycles. The van der Waals surface area contributed by atoms with E-state index in [-0.39, 0.29) is 5.91 Å². The smallest absolute Gasteiger partial charge is 0.254 e. The third-order valence-electron chi connectivity index (χ3n) is 2.94. The molecule has 0 saturated carbocycles. The van der Waals surface area contributed by atoms with E-state index in [1.54, 1.807) is 48.8 Å². The minimum atomic E-state index is -1.47. The highest BCUT2D eigenvalue weighted by atomic mass is 16.3. The number of benzene rings is 1. The third kappa shape index (κ3) is 1.34. The van der Waals surface area contributed by atoms with Crippen molar-refractivity contribution in [2.75, 3.05) is 0 Å². The standard InChI is InChI=1S/C13H10N2O2/c16-12-10-5-1-2-6-11(10)13(17,15-12)9-4-3-7-14-8-9/h1-8,17H,(H,15,16). The van der Waals surface area contributed by atoms with Crippen LogP contribution in [0.2, 0.25) is 0 Å². The lowest BCUT2D eigenvalue weighted by Gasteiger charge is -2.23. The van der Waals surface area contributed by atoms with Crippen LogP contribution < -0.4 is 5.32 Å². The zero-order valence-electron chi connectivity index (χ0n) is 8.92. The first-order valence-electron chi connectivity index (χ1n) is 5.27. The maximum Gasteiger partial charge on any atom is 0.254 e. The van der Waals surface area contributed by atoms with E-state index in [0.29, 0.717) is 16.7 Å². The topological polar surface area (TPSA) is 62.2 Å². The minimum Gasteiger partial charge on any atom is -0.363 e. The van der Waals surface area contributed by atoms with Crippen molar-refractivity contribution in [1.29, 1.82) is 0 Å². The summed E-state index contributed by atoms with van der Waals surface area (Å²) < 4.78 is 0. The Labute approximate surface area is 97.9 Å². The van der Waals surface area contributed by atoms with Crippen molar-refractivity contribution in [3.8, 4) is 0 Å². The summed E-state index contributed by atoms with van der Waals surface area (Å²) in [6.07, 6.45) is 3.16. The first kappa shape index (κ1) is 9.99. The van der Waals surface area contributed by atoms with Crippen LogP contribution in [-0.4, -0.2) is 16.0 Å². The average Bonchev–Trinajstić information content (AvgIpc) is 2.65. The molecule has 0 aliphatic carbocycles. The van der Waals surface area contributed by atoms with E-state index < -0.39 is 5.72 Å². The van der Waals surface area contributed by atoms with Crippen molar-refractivity contribution in [3.63, 3.8) is 0 Å². The molecule has 1 amide bonds. The van der Waals surface area contributed by atoms with Gasteiger partial charge in [0.15, 0.2) is 5.72 Å². The number of nitrogens with zero attached hydrogens (tertiary/aromatic N) is 1. The van der Waals surface area contributed by atoms with Crippen LogP contribution in [0.25, 0.3) is 0 Å². The number of amides is 1. The van der Waals surface area contributed by atoms with E-state index in [0.717, 1.165) is 0 Å². The van der Waals surface area contributed by atoms with E-state index >= 15 is 0 Å². The summed E-state index contributed by atoms with van der Waals surface area (Å²) in [6, 6.07) is 10.4. The number of carbonyl (C=O) groups excluding carboxylic acids is 1. The molecule has 1 atom stereocenters. The van der Waals surface area contributed by atoms with Gasteiger partial charge in [0.1, 0.15) is 0 Å². The molecule has 2 N–H and O–H groups in total. The number of pyridine rings is 1. The number of aromatic nitrogens is 1. The molecule has 4 nitrogen and oxygen atoms in total. The van der Waals surface area contributed by atoms with Crippen LogP contribution in [0, 0.1) is 0 Å². The maximum atomic E-state index is 11.8. The number of nitrogens with one attached hydrogen (secondary N) is 1. The normalized spacial score (nSPS) is 22.1. The molecule has 1 aliphatic rings. The molecule has 1 aliphatic heterocycles. The molecule has 2 heterocycles. The van der Waals surface area contributed by atoms with Crippen molar-refractivity contribution in [3.05, 3.63) is 65.5 Å². The summed E-state index contributed by atoms with van der Waals surface area (Å²) in [4.78, 5) is 15.7. The van der Waals surface area contributed by atoms with Gasteiger partial charge in [-0.3, -0.25) is 9.78 Å². The summed E-state index contributed by atoms with van der Waals surface area (Å²) in [7, 11) is 0. The van der Waals surface area contributed by atoms with E-state index in [1.165, 1.54) is 0 Å². The molecule has 3 rings (SSSR count). The largest absolute Gasteiger partial charge is 0.363 e. The predicted octanol–water partition coefficient (Wildman–Crippen LogP) is 1.02. The van der Waals surface area contributed by atoms with Crippen molar-refractivity contribution in [1.82, 2.24) is 10.3 Å². The lowest BCUT2D eigenvalue weighted by Crippen LogP contribution is -2.40. The maximum absolute atomic E-state index is 11.8. The second-order valence-corrected chi connectivity index (χ2v) is 3.95. The van der Waals surface area contributed by atoms with Gasteiger partial charge in [-0.2, -0.15) is 0 Å². The Morgan fingerprint density at radius 1 is 1.18 bits per heavy atom. The van der Waals surface area contributed by atoms with Crippen molar-refractivity contribution < 1.29 is 9.90 Å². The second kappa shape index (κ2) is 3.40. The lowest BCUT2D eigenvalue weighted by atomic mass is 9.96. The summed E-state index contributed by atoms with van der Waals surface area (Å²) in [6.45, 7) is 0. The molecule has 1 unspecified atom stereocenters. The number of fused-ring (bicyclic) bond motifs is 1. The molecule has 0 fully saturated rings. The predicted molar refractivity (Wildman–Crippen MR) is 61.1 cm³/mol. The Morgan fingerprint density at radius 3 is 2.76 bits per heavy atom. The molecule has 1 aromatic heterocycles. The van der Waals surface area contributed by atoms with E-state index in [1.807, 2.05) is 0 Å². The molecule has 0 spiro atoms. The van der Waals surface area contributed by atoms with Crippen LogP contribution in [0.1, 0.15) is 21.5 Å². The van der Waals surface area contributed by atoms with Gasteiger partial charge in [-0.05, 0) is 12.1 Å². The van der Waals surface area contributed by atoms with Gasteiger partial charge in [0.2, 0.25) is 0 Å². The summed E-state index contributed by atoms with van der Waals surface area (Å²) >= 11 is 0. The lowest BCUT2D eigenvalue weighted by molar-refractivity contribution is 0.0473. The third-order valence-corrected chi connectivity index (χ3v) is 2.94. The van der Waals surface area contributed by atoms with E-state index in [4.69, 9.17) is 0 Å². The van der Waals surface area contributed by atoms with E-state index in [2.05, 4.69) is 10.3 Å². The number of carbonyl (C=O) groups is 1. The Hall–Kier alpha value is -2.20. The molecule has 4 heteroatoms.